The molecule has 0 atom stereocenters. The van der Waals surface area contributed by atoms with Crippen molar-refractivity contribution in [1.29, 1.82) is 0 Å². The second kappa shape index (κ2) is 13.3. The van der Waals surface area contributed by atoms with Crippen LogP contribution in [-0.4, -0.2) is 28.0 Å². The van der Waals surface area contributed by atoms with Crippen LogP contribution in [0.4, 0.5) is 0 Å². The van der Waals surface area contributed by atoms with Gasteiger partial charge in [0, 0.05) is 52.4 Å². The molecule has 0 amide bonds. The maximum Gasteiger partial charge on any atom is 0.0766 e. The van der Waals surface area contributed by atoms with Crippen LogP contribution < -0.4 is 0 Å². The van der Waals surface area contributed by atoms with E-state index in [0.29, 0.717) is 0 Å². The van der Waals surface area contributed by atoms with E-state index in [2.05, 4.69) is 193 Å². The summed E-state index contributed by atoms with van der Waals surface area (Å²) in [6, 6.07) is 52.4. The molecule has 2 aliphatic rings. The minimum absolute atomic E-state index is 0.913. The summed E-state index contributed by atoms with van der Waals surface area (Å²) in [5.41, 5.74) is 17.9. The van der Waals surface area contributed by atoms with Gasteiger partial charge in [0.05, 0.1) is 22.8 Å². The standard InChI is InChI=1S/C48H40N4Si/c1-53(2,3)31-36-30-43-46(34-20-12-6-13-21-34)41-27-26-39(50-41)44(32-16-8-4-9-17-32)37-24-25-38(49-37)45(33-18-10-5-11-19-33)40-28-29-42(51-40)47(48(36)52-43)35-22-14-7-15-23-35/h4-30,50-51H,31H2,1-3H3. The minimum atomic E-state index is -1.58. The van der Waals surface area contributed by atoms with Crippen molar-refractivity contribution in [2.75, 3.05) is 0 Å². The van der Waals surface area contributed by atoms with Crippen molar-refractivity contribution in [2.45, 2.75) is 25.7 Å². The van der Waals surface area contributed by atoms with Crippen LogP contribution in [-0.2, 0) is 0 Å². The van der Waals surface area contributed by atoms with E-state index in [0.717, 1.165) is 95.4 Å². The summed E-state index contributed by atoms with van der Waals surface area (Å²) in [5, 5.41) is 0. The molecular formula is C48H40N4Si. The molecule has 0 aliphatic carbocycles. The molecule has 256 valence electrons. The van der Waals surface area contributed by atoms with E-state index in [-0.39, 0.29) is 0 Å². The second-order valence-electron chi connectivity index (χ2n) is 15.0. The lowest BCUT2D eigenvalue weighted by Gasteiger charge is -2.17. The Morgan fingerprint density at radius 1 is 0.415 bits per heavy atom. The van der Waals surface area contributed by atoms with Gasteiger partial charge in [0.2, 0.25) is 0 Å². The van der Waals surface area contributed by atoms with Gasteiger partial charge in [0.25, 0.3) is 0 Å². The fraction of sp³-hybridized carbons (Fsp3) is 0.0833. The van der Waals surface area contributed by atoms with Crippen molar-refractivity contribution in [1.82, 2.24) is 19.9 Å². The normalized spacial score (nSPS) is 12.5. The van der Waals surface area contributed by atoms with Gasteiger partial charge in [0.1, 0.15) is 0 Å². The largest absolute Gasteiger partial charge is 0.354 e. The molecular weight excluding hydrogens is 661 g/mol. The summed E-state index contributed by atoms with van der Waals surface area (Å²) in [7, 11) is -1.58. The summed E-state index contributed by atoms with van der Waals surface area (Å²) < 4.78 is 0. The van der Waals surface area contributed by atoms with Gasteiger partial charge in [-0.05, 0) is 76.4 Å². The Labute approximate surface area is 311 Å². The van der Waals surface area contributed by atoms with E-state index in [4.69, 9.17) is 9.97 Å². The summed E-state index contributed by atoms with van der Waals surface area (Å²) in [4.78, 5) is 18.8. The molecule has 4 aromatic carbocycles. The first-order valence-electron chi connectivity index (χ1n) is 18.3. The van der Waals surface area contributed by atoms with Gasteiger partial charge in [-0.2, -0.15) is 0 Å². The maximum atomic E-state index is 5.65. The van der Waals surface area contributed by atoms with Crippen LogP contribution in [0.2, 0.25) is 25.7 Å². The molecule has 0 unspecified atom stereocenters. The smallest absolute Gasteiger partial charge is 0.0766 e. The molecule has 53 heavy (non-hydrogen) atoms. The van der Waals surface area contributed by atoms with Gasteiger partial charge in [-0.15, -0.1) is 0 Å². The molecule has 3 aromatic heterocycles. The molecule has 2 N–H and O–H groups in total. The quantitative estimate of drug-likeness (QED) is 0.170. The number of fused-ring (bicyclic) bond motifs is 8. The van der Waals surface area contributed by atoms with E-state index in [1.165, 1.54) is 5.57 Å². The second-order valence-corrected chi connectivity index (χ2v) is 20.5. The first-order chi connectivity index (χ1) is 25.9. The molecule has 0 saturated heterocycles. The molecule has 5 heterocycles. The van der Waals surface area contributed by atoms with E-state index < -0.39 is 8.07 Å². The van der Waals surface area contributed by atoms with Crippen molar-refractivity contribution >= 4 is 53.9 Å². The highest BCUT2D eigenvalue weighted by molar-refractivity contribution is 6.77. The van der Waals surface area contributed by atoms with Crippen molar-refractivity contribution in [2.24, 2.45) is 0 Å². The Balaban J connectivity index is 1.51. The summed E-state index contributed by atoms with van der Waals surface area (Å²) >= 11 is 0. The molecule has 0 radical (unpaired) electrons. The van der Waals surface area contributed by atoms with Gasteiger partial charge >= 0.3 is 0 Å². The van der Waals surface area contributed by atoms with E-state index in [1.807, 2.05) is 0 Å². The zero-order valence-electron chi connectivity index (χ0n) is 30.2. The molecule has 7 aromatic rings. The Hall–Kier alpha value is -6.30. The van der Waals surface area contributed by atoms with E-state index in [9.17, 15) is 0 Å². The zero-order valence-corrected chi connectivity index (χ0v) is 31.2. The Morgan fingerprint density at radius 2 is 0.774 bits per heavy atom. The molecule has 0 fully saturated rings. The highest BCUT2D eigenvalue weighted by Gasteiger charge is 2.26. The number of hydrogen-bond donors (Lipinski definition) is 2. The topological polar surface area (TPSA) is 57.4 Å². The number of H-pyrrole nitrogens is 2. The lowest BCUT2D eigenvalue weighted by atomic mass is 10.0. The van der Waals surface area contributed by atoms with Crippen molar-refractivity contribution < 1.29 is 0 Å². The highest BCUT2D eigenvalue weighted by Crippen LogP contribution is 2.42. The van der Waals surface area contributed by atoms with Crippen molar-refractivity contribution in [3.8, 4) is 44.5 Å². The average Bonchev–Trinajstić information content (AvgIpc) is 4.01. The monoisotopic (exact) mass is 700 g/mol. The van der Waals surface area contributed by atoms with Crippen LogP contribution in [0.5, 0.6) is 0 Å². The van der Waals surface area contributed by atoms with E-state index >= 15 is 0 Å². The van der Waals surface area contributed by atoms with Gasteiger partial charge in [-0.1, -0.05) is 141 Å². The fourth-order valence-corrected chi connectivity index (χ4v) is 9.10. The molecule has 4 nitrogen and oxygen atoms in total. The minimum Gasteiger partial charge on any atom is -0.354 e. The van der Waals surface area contributed by atoms with Crippen molar-refractivity contribution in [3.63, 3.8) is 0 Å². The lowest BCUT2D eigenvalue weighted by Crippen LogP contribution is -2.19. The van der Waals surface area contributed by atoms with Crippen LogP contribution in [0.15, 0.2) is 146 Å². The Kier molecular flexibility index (Phi) is 8.21. The number of aromatic amines is 2. The van der Waals surface area contributed by atoms with Crippen LogP contribution in [0.25, 0.3) is 90.4 Å². The average molecular weight is 701 g/mol. The number of aromatic nitrogens is 4. The third kappa shape index (κ3) is 6.30. The number of benzene rings is 4. The summed E-state index contributed by atoms with van der Waals surface area (Å²) in [6.07, 6.45) is 6.66. The first-order valence-corrected chi connectivity index (χ1v) is 22.0. The molecule has 0 saturated carbocycles. The van der Waals surface area contributed by atoms with Crippen molar-refractivity contribution in [3.05, 3.63) is 168 Å². The first kappa shape index (κ1) is 32.6. The molecule has 5 heteroatoms. The number of hydrogen-bond acceptors (Lipinski definition) is 2. The maximum absolute atomic E-state index is 5.65. The van der Waals surface area contributed by atoms with Gasteiger partial charge < -0.3 is 9.97 Å². The van der Waals surface area contributed by atoms with E-state index in [1.54, 1.807) is 0 Å². The Morgan fingerprint density at radius 3 is 1.17 bits per heavy atom. The molecule has 9 rings (SSSR count). The molecule has 2 aliphatic heterocycles. The summed E-state index contributed by atoms with van der Waals surface area (Å²) in [6.45, 7) is 7.32. The third-order valence-electron chi connectivity index (χ3n) is 9.91. The summed E-state index contributed by atoms with van der Waals surface area (Å²) in [5.74, 6) is 0. The van der Waals surface area contributed by atoms with Crippen LogP contribution in [0.3, 0.4) is 0 Å². The predicted molar refractivity (Wildman–Crippen MR) is 228 cm³/mol. The zero-order chi connectivity index (χ0) is 35.9. The van der Waals surface area contributed by atoms with Crippen LogP contribution in [0.1, 0.15) is 22.8 Å². The number of nitrogens with one attached hydrogen (secondary N) is 2. The van der Waals surface area contributed by atoms with Gasteiger partial charge in [0.15, 0.2) is 0 Å². The van der Waals surface area contributed by atoms with Gasteiger partial charge in [-0.3, -0.25) is 0 Å². The molecule has 0 spiro atoms. The van der Waals surface area contributed by atoms with Gasteiger partial charge in [-0.25, -0.2) is 9.97 Å². The van der Waals surface area contributed by atoms with Crippen LogP contribution >= 0.6 is 0 Å². The van der Waals surface area contributed by atoms with Crippen LogP contribution in [0, 0.1) is 0 Å². The predicted octanol–water partition coefficient (Wildman–Crippen LogP) is 13.0. The lowest BCUT2D eigenvalue weighted by molar-refractivity contribution is 1.29. The number of rotatable bonds is 6. The third-order valence-corrected chi connectivity index (χ3v) is 11.4. The molecule has 8 bridgehead atoms. The SMILES string of the molecule is C[Si](C)(C)CC1=Cc2nc1c(-c1ccccc1)c1ccc([nH]1)c(-c1ccccc1)c1nc(c(-c3ccccc3)c3ccc([nH]3)c2-c2ccccc2)C=C1. The number of allylic oxidation sites excluding steroid dienone is 1. The number of nitrogens with zero attached hydrogens (tertiary/aromatic N) is 2. The Bertz CT molecular complexity index is 2700. The highest BCUT2D eigenvalue weighted by atomic mass is 28.3. The fourth-order valence-electron chi connectivity index (χ4n) is 7.69.